The van der Waals surface area contributed by atoms with Gasteiger partial charge in [0, 0.05) is 34.8 Å². The van der Waals surface area contributed by atoms with Crippen LogP contribution in [-0.2, 0) is 13.0 Å². The summed E-state index contributed by atoms with van der Waals surface area (Å²) in [6.45, 7) is 3.64. The van der Waals surface area contributed by atoms with Crippen molar-refractivity contribution in [2.75, 3.05) is 0 Å². The van der Waals surface area contributed by atoms with Gasteiger partial charge in [-0.1, -0.05) is 49.7 Å². The molecule has 0 aliphatic heterocycles. The van der Waals surface area contributed by atoms with Gasteiger partial charge in [-0.05, 0) is 48.7 Å². The van der Waals surface area contributed by atoms with E-state index in [4.69, 9.17) is 0 Å². The van der Waals surface area contributed by atoms with Crippen molar-refractivity contribution in [1.29, 1.82) is 0 Å². The van der Waals surface area contributed by atoms with Crippen LogP contribution in [0.5, 0.6) is 0 Å². The second kappa shape index (κ2) is 10.7. The van der Waals surface area contributed by atoms with Gasteiger partial charge in [-0.2, -0.15) is 5.21 Å². The molecule has 0 spiro atoms. The van der Waals surface area contributed by atoms with E-state index in [0.29, 0.717) is 17.9 Å². The molecule has 5 aromatic rings. The predicted molar refractivity (Wildman–Crippen MR) is 141 cm³/mol. The van der Waals surface area contributed by atoms with Crippen LogP contribution >= 0.6 is 0 Å². The topological polar surface area (TPSA) is 111 Å². The quantitative estimate of drug-likeness (QED) is 0.289. The van der Waals surface area contributed by atoms with Crippen LogP contribution in [0.25, 0.3) is 28.2 Å². The molecule has 0 fully saturated rings. The average Bonchev–Trinajstić information content (AvgIpc) is 3.57. The van der Waals surface area contributed by atoms with Crippen LogP contribution in [0, 0.1) is 5.82 Å². The van der Waals surface area contributed by atoms with Crippen molar-refractivity contribution in [2.24, 2.45) is 0 Å². The Morgan fingerprint density at radius 3 is 2.55 bits per heavy atom. The smallest absolute Gasteiger partial charge is 0.294 e. The number of aromatic nitrogens is 7. The second-order valence-corrected chi connectivity index (χ2v) is 8.97. The first-order chi connectivity index (χ1) is 18.5. The maximum atomic E-state index is 14.9. The Labute approximate surface area is 218 Å². The van der Waals surface area contributed by atoms with Crippen LogP contribution in [0.15, 0.2) is 71.8 Å². The number of rotatable bonds is 9. The number of carbonyl (C=O) groups excluding carboxylic acids is 1. The van der Waals surface area contributed by atoms with Gasteiger partial charge in [0.1, 0.15) is 5.82 Å². The standard InChI is InChI=1S/C28H26FN7O2/c1-3-4-8-21-17-36(26-22(18(2)37)11-7-12-25(26)29)28(38)35(21)16-20-14-13-19(15-30-20)23-9-5-6-10-24(23)27-31-33-34-32-27/h5-7,9-15,17H,3-4,8,16H2,1-2H3,(H,31,32,33,34). The Bertz CT molecular complexity index is 1640. The number of nitrogens with one attached hydrogen (secondary N) is 1. The molecule has 0 bridgehead atoms. The lowest BCUT2D eigenvalue weighted by atomic mass is 10.0. The summed E-state index contributed by atoms with van der Waals surface area (Å²) in [5, 5.41) is 14.3. The zero-order chi connectivity index (χ0) is 26.6. The van der Waals surface area contributed by atoms with E-state index in [0.717, 1.165) is 35.2 Å². The number of carbonyl (C=O) groups is 1. The fraction of sp³-hybridized carbons (Fsp3) is 0.214. The van der Waals surface area contributed by atoms with Crippen molar-refractivity contribution in [2.45, 2.75) is 39.7 Å². The zero-order valence-electron chi connectivity index (χ0n) is 21.1. The molecule has 0 atom stereocenters. The lowest BCUT2D eigenvalue weighted by molar-refractivity contribution is 0.101. The van der Waals surface area contributed by atoms with Gasteiger partial charge < -0.3 is 0 Å². The minimum atomic E-state index is -0.623. The van der Waals surface area contributed by atoms with E-state index >= 15 is 0 Å². The van der Waals surface area contributed by atoms with Crippen LogP contribution in [0.4, 0.5) is 4.39 Å². The van der Waals surface area contributed by atoms with E-state index in [9.17, 15) is 14.0 Å². The largest absolute Gasteiger partial charge is 0.333 e. The number of ketones is 1. The second-order valence-electron chi connectivity index (χ2n) is 8.97. The first-order valence-electron chi connectivity index (χ1n) is 12.4. The number of benzene rings is 2. The maximum Gasteiger partial charge on any atom is 0.333 e. The normalized spacial score (nSPS) is 11.1. The molecule has 3 aromatic heterocycles. The number of halogens is 1. The molecule has 1 N–H and O–H groups in total. The Hall–Kier alpha value is -4.73. The van der Waals surface area contributed by atoms with Crippen LogP contribution in [0.2, 0.25) is 0 Å². The van der Waals surface area contributed by atoms with Crippen molar-refractivity contribution in [3.63, 3.8) is 0 Å². The monoisotopic (exact) mass is 511 g/mol. The Balaban J connectivity index is 1.51. The molecule has 0 aliphatic carbocycles. The third kappa shape index (κ3) is 4.80. The minimum Gasteiger partial charge on any atom is -0.294 e. The highest BCUT2D eigenvalue weighted by atomic mass is 19.1. The molecule has 0 aliphatic rings. The molecular weight excluding hydrogens is 485 g/mol. The molecule has 9 nitrogen and oxygen atoms in total. The number of aromatic amines is 1. The van der Waals surface area contributed by atoms with Crippen LogP contribution in [0.1, 0.15) is 48.4 Å². The fourth-order valence-electron chi connectivity index (χ4n) is 4.50. The summed E-state index contributed by atoms with van der Waals surface area (Å²) in [6, 6.07) is 15.7. The van der Waals surface area contributed by atoms with Crippen LogP contribution in [-0.4, -0.2) is 40.5 Å². The summed E-state index contributed by atoms with van der Waals surface area (Å²) in [4.78, 5) is 30.4. The molecule has 10 heteroatoms. The summed E-state index contributed by atoms with van der Waals surface area (Å²) >= 11 is 0. The van der Waals surface area contributed by atoms with Gasteiger partial charge in [-0.3, -0.25) is 18.9 Å². The van der Waals surface area contributed by atoms with E-state index in [1.165, 1.54) is 29.7 Å². The lowest BCUT2D eigenvalue weighted by Crippen LogP contribution is -2.26. The number of para-hydroxylation sites is 1. The maximum absolute atomic E-state index is 14.9. The van der Waals surface area contributed by atoms with Crippen LogP contribution in [0.3, 0.4) is 0 Å². The number of aryl methyl sites for hydroxylation is 1. The van der Waals surface area contributed by atoms with Crippen LogP contribution < -0.4 is 5.69 Å². The molecule has 0 saturated heterocycles. The molecule has 0 radical (unpaired) electrons. The molecule has 0 unspecified atom stereocenters. The van der Waals surface area contributed by atoms with Crippen molar-refractivity contribution < 1.29 is 9.18 Å². The SMILES string of the molecule is CCCCc1cn(-c2c(F)cccc2C(C)=O)c(=O)n1Cc1ccc(-c2ccccc2-c2nn[nH]n2)cn1. The number of Topliss-reactive ketones (excluding diaryl/α,β-unsaturated/α-hetero) is 1. The predicted octanol–water partition coefficient (Wildman–Crippen LogP) is 4.61. The molecule has 192 valence electrons. The van der Waals surface area contributed by atoms with E-state index < -0.39 is 11.5 Å². The van der Waals surface area contributed by atoms with Gasteiger partial charge in [0.15, 0.2) is 5.78 Å². The highest BCUT2D eigenvalue weighted by Gasteiger charge is 2.20. The number of tetrazole rings is 1. The number of H-pyrrole nitrogens is 1. The van der Waals surface area contributed by atoms with E-state index in [1.807, 2.05) is 36.4 Å². The fourth-order valence-corrected chi connectivity index (χ4v) is 4.50. The highest BCUT2D eigenvalue weighted by Crippen LogP contribution is 2.29. The van der Waals surface area contributed by atoms with Crippen molar-refractivity contribution in [1.82, 2.24) is 34.7 Å². The van der Waals surface area contributed by atoms with Gasteiger partial charge >= 0.3 is 5.69 Å². The molecular formula is C28H26FN7O2. The first-order valence-corrected chi connectivity index (χ1v) is 12.4. The number of nitrogens with zero attached hydrogens (tertiary/aromatic N) is 6. The number of hydrogen-bond donors (Lipinski definition) is 1. The lowest BCUT2D eigenvalue weighted by Gasteiger charge is -2.10. The summed E-state index contributed by atoms with van der Waals surface area (Å²) in [6.07, 6.45) is 5.81. The third-order valence-electron chi connectivity index (χ3n) is 6.42. The summed E-state index contributed by atoms with van der Waals surface area (Å²) in [5.41, 5.74) is 3.72. The van der Waals surface area contributed by atoms with Crippen molar-refractivity contribution in [3.8, 4) is 28.2 Å². The molecule has 5 rings (SSSR count). The summed E-state index contributed by atoms with van der Waals surface area (Å²) in [7, 11) is 0. The number of unbranched alkanes of at least 4 members (excludes halogenated alkanes) is 1. The minimum absolute atomic E-state index is 0.0251. The Morgan fingerprint density at radius 2 is 1.87 bits per heavy atom. The molecule has 2 aromatic carbocycles. The molecule has 38 heavy (non-hydrogen) atoms. The molecule has 3 heterocycles. The number of imidazole rings is 1. The first kappa shape index (κ1) is 24.9. The number of hydrogen-bond acceptors (Lipinski definition) is 6. The Kier molecular flexibility index (Phi) is 7.03. The summed E-state index contributed by atoms with van der Waals surface area (Å²) in [5.74, 6) is -0.453. The van der Waals surface area contributed by atoms with Gasteiger partial charge in [0.25, 0.3) is 0 Å². The van der Waals surface area contributed by atoms with Crippen molar-refractivity contribution in [3.05, 3.63) is 100 Å². The molecule has 0 amide bonds. The van der Waals surface area contributed by atoms with Crippen molar-refractivity contribution >= 4 is 5.78 Å². The summed E-state index contributed by atoms with van der Waals surface area (Å²) < 4.78 is 17.7. The Morgan fingerprint density at radius 1 is 1.05 bits per heavy atom. The van der Waals surface area contributed by atoms with Gasteiger partial charge in [0.2, 0.25) is 5.82 Å². The van der Waals surface area contributed by atoms with E-state index in [-0.39, 0.29) is 23.6 Å². The zero-order valence-corrected chi connectivity index (χ0v) is 21.1. The van der Waals surface area contributed by atoms with Gasteiger partial charge in [-0.15, -0.1) is 10.2 Å². The molecule has 0 saturated carbocycles. The third-order valence-corrected chi connectivity index (χ3v) is 6.42. The van der Waals surface area contributed by atoms with E-state index in [2.05, 4.69) is 32.5 Å². The van der Waals surface area contributed by atoms with E-state index in [1.54, 1.807) is 17.0 Å². The number of pyridine rings is 1. The average molecular weight is 512 g/mol. The highest BCUT2D eigenvalue weighted by molar-refractivity contribution is 5.97. The van der Waals surface area contributed by atoms with Gasteiger partial charge in [0.05, 0.1) is 17.9 Å². The van der Waals surface area contributed by atoms with Gasteiger partial charge in [-0.25, -0.2) is 9.18 Å².